The molecule has 0 fully saturated rings. The maximum absolute atomic E-state index is 9.18. The minimum absolute atomic E-state index is 0.216. The number of ether oxygens (including phenoxy) is 1. The van der Waals surface area contributed by atoms with Crippen LogP contribution in [0.5, 0.6) is 0 Å². The molecule has 0 aliphatic heterocycles. The second-order valence-electron chi connectivity index (χ2n) is 8.10. The van der Waals surface area contributed by atoms with Gasteiger partial charge in [0.05, 0.1) is 13.2 Å². The molecule has 0 heterocycles. The third-order valence-corrected chi connectivity index (χ3v) is 4.66. The van der Waals surface area contributed by atoms with Crippen LogP contribution in [0.4, 0.5) is 0 Å². The smallest absolute Gasteiger partial charge is 0.100 e. The molecule has 0 bridgehead atoms. The van der Waals surface area contributed by atoms with Crippen LogP contribution in [-0.4, -0.2) is 36.1 Å². The fourth-order valence-corrected chi connectivity index (χ4v) is 2.79. The minimum atomic E-state index is -0.755. The molecule has 1 unspecified atom stereocenters. The normalized spacial score (nSPS) is 14.3. The van der Waals surface area contributed by atoms with E-state index in [1.807, 2.05) is 0 Å². The summed E-state index contributed by atoms with van der Waals surface area (Å²) >= 11 is 0. The summed E-state index contributed by atoms with van der Waals surface area (Å²) in [6.07, 6.45) is 17.4. The quantitative estimate of drug-likeness (QED) is 0.240. The van der Waals surface area contributed by atoms with Crippen molar-refractivity contribution in [1.82, 2.24) is 0 Å². The maximum Gasteiger partial charge on any atom is 0.100 e. The Balaban J connectivity index is 3.87. The molecule has 0 aliphatic rings. The van der Waals surface area contributed by atoms with Gasteiger partial charge in [-0.2, -0.15) is 0 Å². The van der Waals surface area contributed by atoms with Gasteiger partial charge in [-0.3, -0.25) is 0 Å². The van der Waals surface area contributed by atoms with E-state index in [9.17, 15) is 5.11 Å². The van der Waals surface area contributed by atoms with E-state index in [0.29, 0.717) is 6.61 Å². The van der Waals surface area contributed by atoms with Gasteiger partial charge in [0.1, 0.15) is 6.10 Å². The third kappa shape index (κ3) is 18.2. The molecule has 162 valence electrons. The highest BCUT2D eigenvalue weighted by molar-refractivity contribution is 5.07. The Morgan fingerprint density at radius 1 is 0.750 bits per heavy atom. The SMILES string of the molecule is CC(C)=CCC/C(C)=C/CC/C(C)=C/CCC(C)=CCCCOCC(O)CO. The van der Waals surface area contributed by atoms with Gasteiger partial charge in [0.25, 0.3) is 0 Å². The molecule has 0 amide bonds. The molecular weight excluding hydrogens is 348 g/mol. The van der Waals surface area contributed by atoms with Crippen molar-refractivity contribution in [3.05, 3.63) is 46.6 Å². The van der Waals surface area contributed by atoms with E-state index < -0.39 is 6.10 Å². The molecule has 0 aliphatic carbocycles. The number of allylic oxidation sites excluding steroid dienone is 8. The largest absolute Gasteiger partial charge is 0.394 e. The Bertz CT molecular complexity index is 508. The Kier molecular flexibility index (Phi) is 17.2. The van der Waals surface area contributed by atoms with Gasteiger partial charge < -0.3 is 14.9 Å². The number of unbranched alkanes of at least 4 members (excludes halogenated alkanes) is 1. The van der Waals surface area contributed by atoms with Crippen LogP contribution < -0.4 is 0 Å². The summed E-state index contributed by atoms with van der Waals surface area (Å²) in [4.78, 5) is 0. The van der Waals surface area contributed by atoms with E-state index in [4.69, 9.17) is 9.84 Å². The van der Waals surface area contributed by atoms with Crippen molar-refractivity contribution in [2.45, 2.75) is 92.1 Å². The second-order valence-corrected chi connectivity index (χ2v) is 8.10. The summed E-state index contributed by atoms with van der Waals surface area (Å²) in [5.74, 6) is 0. The van der Waals surface area contributed by atoms with Crippen molar-refractivity contribution in [3.63, 3.8) is 0 Å². The predicted octanol–water partition coefficient (Wildman–Crippen LogP) is 6.28. The molecule has 0 aromatic carbocycles. The fourth-order valence-electron chi connectivity index (χ4n) is 2.79. The zero-order chi connectivity index (χ0) is 21.2. The Morgan fingerprint density at radius 3 is 1.68 bits per heavy atom. The van der Waals surface area contributed by atoms with Crippen molar-refractivity contribution in [1.29, 1.82) is 0 Å². The van der Waals surface area contributed by atoms with Gasteiger partial charge in [0.2, 0.25) is 0 Å². The van der Waals surface area contributed by atoms with Crippen LogP contribution in [0.2, 0.25) is 0 Å². The lowest BCUT2D eigenvalue weighted by Gasteiger charge is -2.07. The molecule has 0 rings (SSSR count). The zero-order valence-electron chi connectivity index (χ0n) is 19.0. The molecule has 3 nitrogen and oxygen atoms in total. The van der Waals surface area contributed by atoms with Crippen LogP contribution in [0.3, 0.4) is 0 Å². The van der Waals surface area contributed by atoms with E-state index in [1.165, 1.54) is 28.7 Å². The molecule has 3 heteroatoms. The molecule has 2 N–H and O–H groups in total. The van der Waals surface area contributed by atoms with Crippen molar-refractivity contribution in [3.8, 4) is 0 Å². The Morgan fingerprint density at radius 2 is 1.21 bits per heavy atom. The summed E-state index contributed by atoms with van der Waals surface area (Å²) in [6, 6.07) is 0. The van der Waals surface area contributed by atoms with Crippen LogP contribution >= 0.6 is 0 Å². The molecule has 1 atom stereocenters. The highest BCUT2D eigenvalue weighted by atomic mass is 16.5. The van der Waals surface area contributed by atoms with E-state index >= 15 is 0 Å². The average molecular weight is 393 g/mol. The Labute approximate surface area is 173 Å². The van der Waals surface area contributed by atoms with Gasteiger partial charge in [-0.1, -0.05) is 46.6 Å². The first-order valence-corrected chi connectivity index (χ1v) is 10.8. The van der Waals surface area contributed by atoms with E-state index in [2.05, 4.69) is 58.9 Å². The second kappa shape index (κ2) is 17.9. The van der Waals surface area contributed by atoms with Crippen molar-refractivity contribution >= 4 is 0 Å². The number of rotatable bonds is 16. The van der Waals surface area contributed by atoms with E-state index in [0.717, 1.165) is 44.9 Å². The summed E-state index contributed by atoms with van der Waals surface area (Å²) in [5, 5.41) is 17.9. The van der Waals surface area contributed by atoms with E-state index in [-0.39, 0.29) is 13.2 Å². The van der Waals surface area contributed by atoms with Gasteiger partial charge in [-0.15, -0.1) is 0 Å². The van der Waals surface area contributed by atoms with E-state index in [1.54, 1.807) is 0 Å². The lowest BCUT2D eigenvalue weighted by molar-refractivity contribution is 0.00585. The molecule has 0 saturated carbocycles. The summed E-state index contributed by atoms with van der Waals surface area (Å²) < 4.78 is 5.31. The molecule has 0 aromatic rings. The van der Waals surface area contributed by atoms with Crippen LogP contribution in [0.1, 0.15) is 86.0 Å². The van der Waals surface area contributed by atoms with Crippen LogP contribution in [0.25, 0.3) is 0 Å². The van der Waals surface area contributed by atoms with Crippen LogP contribution in [0, 0.1) is 0 Å². The molecule has 0 aromatic heterocycles. The standard InChI is InChI=1S/C25H44O3/c1-21(2)11-8-13-23(4)15-10-17-24(5)16-9-14-22(3)12-6-7-18-28-20-25(27)19-26/h11-12,15-16,25-27H,6-10,13-14,17-20H2,1-5H3/b22-12?,23-15+,24-16+. The van der Waals surface area contributed by atoms with Crippen molar-refractivity contribution in [2.24, 2.45) is 0 Å². The van der Waals surface area contributed by atoms with Gasteiger partial charge in [0.15, 0.2) is 0 Å². The first kappa shape index (κ1) is 26.8. The summed E-state index contributed by atoms with van der Waals surface area (Å²) in [6.45, 7) is 11.6. The van der Waals surface area contributed by atoms with Crippen molar-refractivity contribution < 1.29 is 14.9 Å². The highest BCUT2D eigenvalue weighted by Gasteiger charge is 2.00. The lowest BCUT2D eigenvalue weighted by atomic mass is 10.0. The molecule has 28 heavy (non-hydrogen) atoms. The van der Waals surface area contributed by atoms with Crippen molar-refractivity contribution in [2.75, 3.05) is 19.8 Å². The maximum atomic E-state index is 9.18. The van der Waals surface area contributed by atoms with Gasteiger partial charge in [-0.25, -0.2) is 0 Å². The van der Waals surface area contributed by atoms with Gasteiger partial charge in [0, 0.05) is 6.61 Å². The van der Waals surface area contributed by atoms with Gasteiger partial charge in [-0.05, 0) is 86.0 Å². The average Bonchev–Trinajstić information content (AvgIpc) is 2.63. The van der Waals surface area contributed by atoms with Gasteiger partial charge >= 0.3 is 0 Å². The molecule has 0 saturated heterocycles. The topological polar surface area (TPSA) is 49.7 Å². The monoisotopic (exact) mass is 392 g/mol. The molecule has 0 spiro atoms. The Hall–Kier alpha value is -1.16. The molecular formula is C25H44O3. The number of aliphatic hydroxyl groups is 2. The minimum Gasteiger partial charge on any atom is -0.394 e. The molecule has 0 radical (unpaired) electrons. The summed E-state index contributed by atoms with van der Waals surface area (Å²) in [7, 11) is 0. The lowest BCUT2D eigenvalue weighted by Crippen LogP contribution is -2.19. The number of aliphatic hydroxyl groups excluding tert-OH is 2. The first-order valence-electron chi connectivity index (χ1n) is 10.8. The zero-order valence-corrected chi connectivity index (χ0v) is 19.0. The van der Waals surface area contributed by atoms with Crippen LogP contribution in [-0.2, 0) is 4.74 Å². The number of hydrogen-bond acceptors (Lipinski definition) is 3. The predicted molar refractivity (Wildman–Crippen MR) is 122 cm³/mol. The number of hydrogen-bond donors (Lipinski definition) is 2. The summed E-state index contributed by atoms with van der Waals surface area (Å²) in [5.41, 5.74) is 5.81. The third-order valence-electron chi connectivity index (χ3n) is 4.66. The first-order chi connectivity index (χ1) is 13.3. The van der Waals surface area contributed by atoms with Crippen LogP contribution in [0.15, 0.2) is 46.6 Å². The fraction of sp³-hybridized carbons (Fsp3) is 0.680. The highest BCUT2D eigenvalue weighted by Crippen LogP contribution is 2.14.